The van der Waals surface area contributed by atoms with E-state index < -0.39 is 28.2 Å². The molecular formula is C12H17NO5S. The minimum atomic E-state index is -3.69. The highest BCUT2D eigenvalue weighted by atomic mass is 32.2. The minimum Gasteiger partial charge on any atom is -0.492 e. The van der Waals surface area contributed by atoms with Crippen LogP contribution in [-0.2, 0) is 14.8 Å². The number of sulfonamides is 1. The summed E-state index contributed by atoms with van der Waals surface area (Å²) in [5.74, 6) is -1.19. The molecule has 0 saturated carbocycles. The van der Waals surface area contributed by atoms with E-state index in [2.05, 4.69) is 4.72 Å². The normalized spacial score (nSPS) is 11.1. The van der Waals surface area contributed by atoms with E-state index in [-0.39, 0.29) is 0 Å². The number of carboxylic acids is 1. The van der Waals surface area contributed by atoms with Crippen molar-refractivity contribution < 1.29 is 23.1 Å². The first-order valence-corrected chi connectivity index (χ1v) is 7.45. The molecule has 106 valence electrons. The van der Waals surface area contributed by atoms with Gasteiger partial charge < -0.3 is 9.84 Å². The van der Waals surface area contributed by atoms with Gasteiger partial charge in [-0.15, -0.1) is 0 Å². The smallest absolute Gasteiger partial charge is 0.304 e. The number of aryl methyl sites for hydroxylation is 1. The fraction of sp³-hybridized carbons (Fsp3) is 0.417. The minimum absolute atomic E-state index is 0.317. The predicted molar refractivity (Wildman–Crippen MR) is 72.0 cm³/mol. The van der Waals surface area contributed by atoms with Gasteiger partial charge in [-0.1, -0.05) is 6.07 Å². The summed E-state index contributed by atoms with van der Waals surface area (Å²) in [7, 11) is -3.69. The molecule has 2 N–H and O–H groups in total. The van der Waals surface area contributed by atoms with Gasteiger partial charge in [-0.25, -0.2) is 8.42 Å². The molecule has 1 aromatic rings. The number of anilines is 1. The molecule has 1 rings (SSSR count). The molecule has 0 aromatic heterocycles. The Kier molecular flexibility index (Phi) is 5.17. The third-order valence-electron chi connectivity index (χ3n) is 2.29. The van der Waals surface area contributed by atoms with Gasteiger partial charge in [-0.05, 0) is 31.5 Å². The molecule has 0 unspecified atom stereocenters. The molecule has 1 aromatic carbocycles. The highest BCUT2D eigenvalue weighted by Crippen LogP contribution is 2.26. The Morgan fingerprint density at radius 3 is 2.68 bits per heavy atom. The van der Waals surface area contributed by atoms with Crippen LogP contribution in [0.15, 0.2) is 18.2 Å². The van der Waals surface area contributed by atoms with Crippen LogP contribution in [0.4, 0.5) is 5.69 Å². The fourth-order valence-electron chi connectivity index (χ4n) is 1.43. The Hall–Kier alpha value is -1.76. The molecule has 0 amide bonds. The summed E-state index contributed by atoms with van der Waals surface area (Å²) in [6, 6.07) is 5.06. The van der Waals surface area contributed by atoms with Crippen LogP contribution in [0.3, 0.4) is 0 Å². The zero-order valence-electron chi connectivity index (χ0n) is 10.8. The lowest BCUT2D eigenvalue weighted by molar-refractivity contribution is -0.136. The number of nitrogens with one attached hydrogen (secondary N) is 1. The quantitative estimate of drug-likeness (QED) is 0.794. The maximum absolute atomic E-state index is 11.7. The maximum Gasteiger partial charge on any atom is 0.304 e. The molecule has 0 heterocycles. The van der Waals surface area contributed by atoms with E-state index in [1.807, 2.05) is 6.92 Å². The molecule has 0 atom stereocenters. The first-order chi connectivity index (χ1) is 8.84. The molecule has 0 aliphatic carbocycles. The summed E-state index contributed by atoms with van der Waals surface area (Å²) < 4.78 is 31.1. The lowest BCUT2D eigenvalue weighted by Crippen LogP contribution is -2.19. The summed E-state index contributed by atoms with van der Waals surface area (Å²) in [6.07, 6.45) is -0.439. The van der Waals surface area contributed by atoms with Gasteiger partial charge in [0.05, 0.1) is 24.5 Å². The van der Waals surface area contributed by atoms with Gasteiger partial charge >= 0.3 is 5.97 Å². The molecule has 0 bridgehead atoms. The van der Waals surface area contributed by atoms with Crippen LogP contribution in [0.2, 0.25) is 0 Å². The standard InChI is InChI=1S/C12H17NO5S/c1-3-18-11-8-9(2)4-5-10(11)13-19(16,17)7-6-12(14)15/h4-5,8,13H,3,6-7H2,1-2H3,(H,14,15). The van der Waals surface area contributed by atoms with Crippen molar-refractivity contribution >= 4 is 21.7 Å². The summed E-state index contributed by atoms with van der Waals surface area (Å²) in [6.45, 7) is 4.07. The first kappa shape index (κ1) is 15.3. The molecular weight excluding hydrogens is 270 g/mol. The van der Waals surface area contributed by atoms with E-state index in [9.17, 15) is 13.2 Å². The summed E-state index contributed by atoms with van der Waals surface area (Å²) >= 11 is 0. The van der Waals surface area contributed by atoms with E-state index >= 15 is 0 Å². The van der Waals surface area contributed by atoms with E-state index in [1.54, 1.807) is 25.1 Å². The van der Waals surface area contributed by atoms with Crippen LogP contribution < -0.4 is 9.46 Å². The number of hydrogen-bond acceptors (Lipinski definition) is 4. The maximum atomic E-state index is 11.7. The van der Waals surface area contributed by atoms with Crippen LogP contribution in [0.5, 0.6) is 5.75 Å². The zero-order chi connectivity index (χ0) is 14.5. The number of rotatable bonds is 7. The summed E-state index contributed by atoms with van der Waals surface area (Å²) in [4.78, 5) is 10.4. The number of ether oxygens (including phenoxy) is 1. The monoisotopic (exact) mass is 287 g/mol. The van der Waals surface area contributed by atoms with Crippen molar-refractivity contribution in [1.29, 1.82) is 0 Å². The largest absolute Gasteiger partial charge is 0.492 e. The van der Waals surface area contributed by atoms with Gasteiger partial charge in [-0.2, -0.15) is 0 Å². The van der Waals surface area contributed by atoms with Gasteiger partial charge in [0, 0.05) is 0 Å². The van der Waals surface area contributed by atoms with Gasteiger partial charge in [0.25, 0.3) is 0 Å². The topological polar surface area (TPSA) is 92.7 Å². The van der Waals surface area contributed by atoms with Crippen molar-refractivity contribution in [3.05, 3.63) is 23.8 Å². The second-order valence-corrected chi connectivity index (χ2v) is 5.84. The average Bonchev–Trinajstić information content (AvgIpc) is 2.31. The predicted octanol–water partition coefficient (Wildman–Crippen LogP) is 1.61. The average molecular weight is 287 g/mol. The Bertz CT molecular complexity index is 553. The van der Waals surface area contributed by atoms with E-state index in [1.165, 1.54) is 0 Å². The number of aliphatic carboxylic acids is 1. The Morgan fingerprint density at radius 2 is 2.11 bits per heavy atom. The Morgan fingerprint density at radius 1 is 1.42 bits per heavy atom. The van der Waals surface area contributed by atoms with E-state index in [0.717, 1.165) is 5.56 Å². The molecule has 7 heteroatoms. The van der Waals surface area contributed by atoms with Gasteiger partial charge in [0.2, 0.25) is 10.0 Å². The van der Waals surface area contributed by atoms with Crippen molar-refractivity contribution in [3.63, 3.8) is 0 Å². The van der Waals surface area contributed by atoms with Crippen molar-refractivity contribution in [2.45, 2.75) is 20.3 Å². The summed E-state index contributed by atoms with van der Waals surface area (Å²) in [5.41, 5.74) is 1.26. The first-order valence-electron chi connectivity index (χ1n) is 5.80. The van der Waals surface area contributed by atoms with Crippen molar-refractivity contribution in [1.82, 2.24) is 0 Å². The highest BCUT2D eigenvalue weighted by Gasteiger charge is 2.15. The van der Waals surface area contributed by atoms with Crippen LogP contribution in [0, 0.1) is 6.92 Å². The highest BCUT2D eigenvalue weighted by molar-refractivity contribution is 7.92. The van der Waals surface area contributed by atoms with Gasteiger partial charge in [0.15, 0.2) is 0 Å². The van der Waals surface area contributed by atoms with E-state index in [0.29, 0.717) is 18.0 Å². The molecule has 0 radical (unpaired) electrons. The SMILES string of the molecule is CCOc1cc(C)ccc1NS(=O)(=O)CCC(=O)O. The Balaban J connectivity index is 2.89. The van der Waals surface area contributed by atoms with Crippen LogP contribution in [-0.4, -0.2) is 31.9 Å². The van der Waals surface area contributed by atoms with Gasteiger partial charge in [-0.3, -0.25) is 9.52 Å². The lowest BCUT2D eigenvalue weighted by atomic mass is 10.2. The molecule has 6 nitrogen and oxygen atoms in total. The molecule has 0 aliphatic heterocycles. The number of benzene rings is 1. The number of hydrogen-bond donors (Lipinski definition) is 2. The second-order valence-electron chi connectivity index (χ2n) is 4.00. The van der Waals surface area contributed by atoms with Crippen LogP contribution >= 0.6 is 0 Å². The van der Waals surface area contributed by atoms with Crippen LogP contribution in [0.25, 0.3) is 0 Å². The summed E-state index contributed by atoms with van der Waals surface area (Å²) in [5, 5.41) is 8.50. The van der Waals surface area contributed by atoms with Crippen molar-refractivity contribution in [3.8, 4) is 5.75 Å². The third-order valence-corrected chi connectivity index (χ3v) is 3.56. The number of carboxylic acid groups (broad SMARTS) is 1. The fourth-order valence-corrected chi connectivity index (χ4v) is 2.48. The van der Waals surface area contributed by atoms with Crippen LogP contribution in [0.1, 0.15) is 18.9 Å². The van der Waals surface area contributed by atoms with Gasteiger partial charge in [0.1, 0.15) is 5.75 Å². The molecule has 19 heavy (non-hydrogen) atoms. The Labute approximate surface area is 112 Å². The zero-order valence-corrected chi connectivity index (χ0v) is 11.7. The van der Waals surface area contributed by atoms with Crippen molar-refractivity contribution in [2.24, 2.45) is 0 Å². The molecule has 0 spiro atoms. The molecule has 0 saturated heterocycles. The lowest BCUT2D eigenvalue weighted by Gasteiger charge is -2.13. The van der Waals surface area contributed by atoms with E-state index in [4.69, 9.17) is 9.84 Å². The second kappa shape index (κ2) is 6.42. The third kappa shape index (κ3) is 5.17. The molecule has 0 aliphatic rings. The number of carbonyl (C=O) groups is 1. The molecule has 0 fully saturated rings. The van der Waals surface area contributed by atoms with Crippen molar-refractivity contribution in [2.75, 3.05) is 17.1 Å².